The maximum absolute atomic E-state index is 6.16. The Morgan fingerprint density at radius 2 is 1.92 bits per heavy atom. The molecular weight excluding hydrogens is 347 g/mol. The van der Waals surface area contributed by atoms with E-state index in [0.717, 1.165) is 50.7 Å². The van der Waals surface area contributed by atoms with Crippen molar-refractivity contribution in [2.24, 2.45) is 0 Å². The van der Waals surface area contributed by atoms with E-state index in [0.29, 0.717) is 16.1 Å². The molecule has 0 spiro atoms. The molecule has 0 amide bonds. The molecule has 0 N–H and O–H groups in total. The molecule has 2 fully saturated rings. The summed E-state index contributed by atoms with van der Waals surface area (Å²) in [6.07, 6.45) is 3.50. The minimum Gasteiger partial charge on any atom is -0.370 e. The van der Waals surface area contributed by atoms with Gasteiger partial charge in [-0.1, -0.05) is 23.2 Å². The quantitative estimate of drug-likeness (QED) is 0.832. The number of nitrogens with zero attached hydrogens (tertiary/aromatic N) is 6. The molecule has 1 aromatic heterocycles. The van der Waals surface area contributed by atoms with Crippen LogP contribution in [0, 0.1) is 0 Å². The summed E-state index contributed by atoms with van der Waals surface area (Å²) in [7, 11) is 0. The van der Waals surface area contributed by atoms with Crippen LogP contribution in [-0.2, 0) is 6.54 Å². The SMILES string of the molecule is Clc1ccc(N2CCCN(Cc3nnnn3C3CC3)CC2)cc1Cl. The lowest BCUT2D eigenvalue weighted by Crippen LogP contribution is -2.31. The minimum absolute atomic E-state index is 0.523. The fraction of sp³-hybridized carbons (Fsp3) is 0.562. The first-order valence-corrected chi connectivity index (χ1v) is 9.15. The highest BCUT2D eigenvalue weighted by molar-refractivity contribution is 6.42. The fourth-order valence-corrected chi connectivity index (χ4v) is 3.48. The second-order valence-corrected chi connectivity index (χ2v) is 7.30. The Morgan fingerprint density at radius 3 is 2.71 bits per heavy atom. The molecule has 0 radical (unpaired) electrons. The van der Waals surface area contributed by atoms with Crippen molar-refractivity contribution in [3.05, 3.63) is 34.1 Å². The van der Waals surface area contributed by atoms with E-state index in [-0.39, 0.29) is 0 Å². The topological polar surface area (TPSA) is 50.1 Å². The van der Waals surface area contributed by atoms with Gasteiger partial charge in [-0.15, -0.1) is 5.10 Å². The third-order valence-electron chi connectivity index (χ3n) is 4.68. The average molecular weight is 367 g/mol. The first-order chi connectivity index (χ1) is 11.7. The molecule has 128 valence electrons. The van der Waals surface area contributed by atoms with Gasteiger partial charge in [-0.25, -0.2) is 4.68 Å². The zero-order chi connectivity index (χ0) is 16.5. The maximum atomic E-state index is 6.16. The van der Waals surface area contributed by atoms with Crippen LogP contribution in [0.25, 0.3) is 0 Å². The van der Waals surface area contributed by atoms with Crippen molar-refractivity contribution in [2.45, 2.75) is 31.8 Å². The summed E-state index contributed by atoms with van der Waals surface area (Å²) in [6, 6.07) is 6.38. The lowest BCUT2D eigenvalue weighted by molar-refractivity contribution is 0.272. The molecule has 0 unspecified atom stereocenters. The van der Waals surface area contributed by atoms with Crippen molar-refractivity contribution in [3.63, 3.8) is 0 Å². The molecule has 2 aromatic rings. The van der Waals surface area contributed by atoms with E-state index in [1.165, 1.54) is 12.8 Å². The number of hydrogen-bond donors (Lipinski definition) is 0. The van der Waals surface area contributed by atoms with Gasteiger partial charge < -0.3 is 4.90 Å². The van der Waals surface area contributed by atoms with Crippen LogP contribution in [0.3, 0.4) is 0 Å². The monoisotopic (exact) mass is 366 g/mol. The summed E-state index contributed by atoms with van der Waals surface area (Å²) in [4.78, 5) is 4.80. The van der Waals surface area contributed by atoms with Crippen molar-refractivity contribution < 1.29 is 0 Å². The molecule has 1 saturated heterocycles. The van der Waals surface area contributed by atoms with Crippen LogP contribution in [0.15, 0.2) is 18.2 Å². The van der Waals surface area contributed by atoms with E-state index in [1.807, 2.05) is 22.9 Å². The highest BCUT2D eigenvalue weighted by atomic mass is 35.5. The first-order valence-electron chi connectivity index (χ1n) is 8.40. The lowest BCUT2D eigenvalue weighted by Gasteiger charge is -2.23. The smallest absolute Gasteiger partial charge is 0.165 e. The predicted molar refractivity (Wildman–Crippen MR) is 94.7 cm³/mol. The summed E-state index contributed by atoms with van der Waals surface area (Å²) in [6.45, 7) is 4.83. The van der Waals surface area contributed by atoms with E-state index in [4.69, 9.17) is 23.2 Å². The molecule has 6 nitrogen and oxygen atoms in total. The zero-order valence-electron chi connectivity index (χ0n) is 13.4. The van der Waals surface area contributed by atoms with Crippen LogP contribution in [0.5, 0.6) is 0 Å². The molecule has 1 saturated carbocycles. The van der Waals surface area contributed by atoms with E-state index in [9.17, 15) is 0 Å². The van der Waals surface area contributed by atoms with Crippen LogP contribution >= 0.6 is 23.2 Å². The summed E-state index contributed by atoms with van der Waals surface area (Å²) < 4.78 is 2.00. The number of hydrogen-bond acceptors (Lipinski definition) is 5. The van der Waals surface area contributed by atoms with E-state index < -0.39 is 0 Å². The third kappa shape index (κ3) is 3.50. The standard InChI is InChI=1S/C16H20Cl2N6/c17-14-5-4-13(10-15(14)18)23-7-1-6-22(8-9-23)11-16-19-20-21-24(16)12-2-3-12/h4-5,10,12H,1-3,6-9,11H2. The minimum atomic E-state index is 0.523. The lowest BCUT2D eigenvalue weighted by atomic mass is 10.2. The largest absolute Gasteiger partial charge is 0.370 e. The van der Waals surface area contributed by atoms with Gasteiger partial charge in [-0.3, -0.25) is 4.90 Å². The van der Waals surface area contributed by atoms with Gasteiger partial charge in [-0.05, 0) is 47.9 Å². The molecule has 0 atom stereocenters. The number of halogens is 2. The summed E-state index contributed by atoms with van der Waals surface area (Å²) in [5, 5.41) is 13.4. The van der Waals surface area contributed by atoms with Crippen molar-refractivity contribution in [2.75, 3.05) is 31.1 Å². The van der Waals surface area contributed by atoms with Crippen LogP contribution in [-0.4, -0.2) is 51.3 Å². The van der Waals surface area contributed by atoms with E-state index >= 15 is 0 Å². The summed E-state index contributed by atoms with van der Waals surface area (Å²) in [5.74, 6) is 0.987. The molecule has 4 rings (SSSR count). The summed E-state index contributed by atoms with van der Waals surface area (Å²) in [5.41, 5.74) is 1.13. The highest BCUT2D eigenvalue weighted by Gasteiger charge is 2.28. The maximum Gasteiger partial charge on any atom is 0.165 e. The molecule has 1 aliphatic carbocycles. The van der Waals surface area contributed by atoms with Gasteiger partial charge in [0.1, 0.15) is 0 Å². The Bertz CT molecular complexity index is 714. The number of aromatic nitrogens is 4. The molecule has 8 heteroatoms. The average Bonchev–Trinajstić information content (AvgIpc) is 3.35. The highest BCUT2D eigenvalue weighted by Crippen LogP contribution is 2.34. The summed E-state index contributed by atoms with van der Waals surface area (Å²) >= 11 is 12.2. The van der Waals surface area contributed by atoms with Crippen LogP contribution in [0.2, 0.25) is 10.0 Å². The number of tetrazole rings is 1. The molecule has 1 aromatic carbocycles. The van der Waals surface area contributed by atoms with Crippen molar-refractivity contribution in [1.82, 2.24) is 25.1 Å². The zero-order valence-corrected chi connectivity index (χ0v) is 14.9. The van der Waals surface area contributed by atoms with Gasteiger partial charge in [0, 0.05) is 31.9 Å². The third-order valence-corrected chi connectivity index (χ3v) is 5.41. The number of benzene rings is 1. The normalized spacial score (nSPS) is 19.5. The van der Waals surface area contributed by atoms with Gasteiger partial charge in [0.05, 0.1) is 22.6 Å². The van der Waals surface area contributed by atoms with Crippen molar-refractivity contribution in [1.29, 1.82) is 0 Å². The molecule has 1 aliphatic heterocycles. The second kappa shape index (κ2) is 6.86. The van der Waals surface area contributed by atoms with E-state index in [2.05, 4.69) is 25.3 Å². The Morgan fingerprint density at radius 1 is 1.04 bits per heavy atom. The molecule has 2 heterocycles. The Balaban J connectivity index is 1.40. The van der Waals surface area contributed by atoms with Gasteiger partial charge in [0.2, 0.25) is 0 Å². The fourth-order valence-electron chi connectivity index (χ4n) is 3.19. The number of rotatable bonds is 4. The first kappa shape index (κ1) is 16.1. The molecule has 24 heavy (non-hydrogen) atoms. The van der Waals surface area contributed by atoms with Crippen LogP contribution < -0.4 is 4.90 Å². The Kier molecular flexibility index (Phi) is 4.61. The Hall–Kier alpha value is -1.37. The van der Waals surface area contributed by atoms with E-state index in [1.54, 1.807) is 0 Å². The van der Waals surface area contributed by atoms with Gasteiger partial charge in [0.15, 0.2) is 5.82 Å². The Labute approximate surface area is 151 Å². The van der Waals surface area contributed by atoms with Crippen LogP contribution in [0.4, 0.5) is 5.69 Å². The molecular formula is C16H20Cl2N6. The van der Waals surface area contributed by atoms with Gasteiger partial charge >= 0.3 is 0 Å². The number of anilines is 1. The predicted octanol–water partition coefficient (Wildman–Crippen LogP) is 3.03. The second-order valence-electron chi connectivity index (χ2n) is 6.49. The van der Waals surface area contributed by atoms with Crippen molar-refractivity contribution in [3.8, 4) is 0 Å². The van der Waals surface area contributed by atoms with Gasteiger partial charge in [-0.2, -0.15) is 0 Å². The molecule has 2 aliphatic rings. The van der Waals surface area contributed by atoms with Crippen molar-refractivity contribution >= 4 is 28.9 Å². The van der Waals surface area contributed by atoms with Crippen LogP contribution in [0.1, 0.15) is 31.1 Å². The molecule has 0 bridgehead atoms. The van der Waals surface area contributed by atoms with Gasteiger partial charge in [0.25, 0.3) is 0 Å².